The Morgan fingerprint density at radius 1 is 0.929 bits per heavy atom. The van der Waals surface area contributed by atoms with Crippen molar-refractivity contribution in [3.05, 3.63) is 0 Å². The minimum absolute atomic E-state index is 1.13. The first-order valence-corrected chi connectivity index (χ1v) is 13.7. The molecule has 76 valence electrons. The molecule has 0 radical (unpaired) electrons. The van der Waals surface area contributed by atoms with Gasteiger partial charge in [0.1, 0.15) is 0 Å². The molecule has 0 saturated carbocycles. The van der Waals surface area contributed by atoms with Gasteiger partial charge >= 0.3 is 76.9 Å². The molecule has 0 amide bonds. The molecule has 10 rings (SSSR count). The van der Waals surface area contributed by atoms with Crippen LogP contribution in [0.5, 0.6) is 0 Å². The Balaban J connectivity index is 2.12. The third-order valence-electron chi connectivity index (χ3n) is 17.5. The summed E-state index contributed by atoms with van der Waals surface area (Å²) in [7, 11) is 1.65. The van der Waals surface area contributed by atoms with Gasteiger partial charge in [-0.2, -0.15) is 0 Å². The number of hydrogen-bond donors (Lipinski definition) is 0. The van der Waals surface area contributed by atoms with Gasteiger partial charge in [0.25, 0.3) is 0 Å². The zero-order valence-electron chi connectivity index (χ0n) is 8.90. The van der Waals surface area contributed by atoms with Gasteiger partial charge in [0.2, 0.25) is 0 Å². The quantitative estimate of drug-likeness (QED) is 0.575. The van der Waals surface area contributed by atoms with E-state index in [9.17, 15) is 0 Å². The first-order chi connectivity index (χ1) is 6.33. The molecule has 0 bridgehead atoms. The van der Waals surface area contributed by atoms with E-state index in [-0.39, 0.29) is 0 Å². The van der Waals surface area contributed by atoms with E-state index in [2.05, 4.69) is 13.8 Å². The van der Waals surface area contributed by atoms with Crippen LogP contribution in [0.1, 0.15) is 13.8 Å². The maximum atomic E-state index is 2.87. The average Bonchev–Trinajstić information content (AvgIpc) is 3.11. The van der Waals surface area contributed by atoms with Gasteiger partial charge < -0.3 is 0 Å². The van der Waals surface area contributed by atoms with Crippen LogP contribution in [-0.2, 0) is 6.51 Å². The van der Waals surface area contributed by atoms with Crippen LogP contribution in [0.4, 0.5) is 0 Å². The second-order valence-electron chi connectivity index (χ2n) is 10.9. The second kappa shape index (κ2) is 0.310. The van der Waals surface area contributed by atoms with Crippen LogP contribution in [0, 0.1) is 0 Å². The van der Waals surface area contributed by atoms with Crippen LogP contribution < -0.4 is 0 Å². The average molecular weight is 244 g/mol. The first-order valence-electron chi connectivity index (χ1n) is 6.54. The molecule has 2 heteroatoms. The molecule has 0 aromatic carbocycles. The summed E-state index contributed by atoms with van der Waals surface area (Å²) >= 11 is 0. The van der Waals surface area contributed by atoms with Crippen molar-refractivity contribution in [3.8, 4) is 0 Å². The van der Waals surface area contributed by atoms with Gasteiger partial charge in [-0.05, 0) is 0 Å². The number of fused-ring (bicyclic) bond motifs is 10. The van der Waals surface area contributed by atoms with Gasteiger partial charge in [-0.1, -0.05) is 0 Å². The Labute approximate surface area is 76.9 Å². The summed E-state index contributed by atoms with van der Waals surface area (Å²) in [5.41, 5.74) is 0. The van der Waals surface area contributed by atoms with Crippen molar-refractivity contribution in [1.29, 1.82) is 0 Å². The monoisotopic (exact) mass is 244 g/mol. The standard InChI is InChI=1S/C7H11Si.C5H5.Fe/c1-5-3-4-7(8)6(5)2;1-2-4-5-3-1;/h3-4H,1-2,8H3;1-5H;. The fraction of sp³-hybridized carbons (Fsp3) is 1.00. The molecule has 0 aromatic rings. The summed E-state index contributed by atoms with van der Waals surface area (Å²) in [5, 5.41) is 0. The predicted molar refractivity (Wildman–Crippen MR) is 55.6 cm³/mol. The molecule has 0 aromatic heterocycles. The van der Waals surface area contributed by atoms with E-state index in [1.807, 2.05) is 0 Å². The number of hydrogen-bond acceptors (Lipinski definition) is 0. The van der Waals surface area contributed by atoms with E-state index in [1.165, 1.54) is 37.7 Å². The molecule has 0 nitrogen and oxygen atoms in total. The van der Waals surface area contributed by atoms with Crippen molar-refractivity contribution in [2.75, 3.05) is 0 Å². The zero-order valence-corrected chi connectivity index (χ0v) is 12.0. The van der Waals surface area contributed by atoms with Crippen LogP contribution >= 0.6 is 0 Å². The van der Waals surface area contributed by atoms with Gasteiger partial charge in [0.15, 0.2) is 0 Å². The molecular weight excluding hydrogens is 228 g/mol. The normalized spacial score (nSPS) is 153. The molecule has 0 N–H and O–H groups in total. The van der Waals surface area contributed by atoms with Crippen LogP contribution in [-0.4, -0.2) is 10.2 Å². The summed E-state index contributed by atoms with van der Waals surface area (Å²) < 4.78 is 3.49. The summed E-state index contributed by atoms with van der Waals surface area (Å²) in [5.74, 6) is 0. The Morgan fingerprint density at radius 2 is 1.43 bits per heavy atom. The third kappa shape index (κ3) is 0.0300. The first kappa shape index (κ1) is 4.94. The van der Waals surface area contributed by atoms with E-state index in [1.54, 1.807) is 10.2 Å². The Kier molecular flexibility index (Phi) is 0.109. The fourth-order valence-electron chi connectivity index (χ4n) is 20.2. The van der Waals surface area contributed by atoms with Crippen LogP contribution in [0.3, 0.4) is 0 Å². The molecule has 10 aliphatic rings. The van der Waals surface area contributed by atoms with Gasteiger partial charge in [0, 0.05) is 0 Å². The molecular formula is C12H16FeSi. The minimum atomic E-state index is -2.73. The van der Waals surface area contributed by atoms with Gasteiger partial charge in [0.05, 0.1) is 0 Å². The summed E-state index contributed by atoms with van der Waals surface area (Å²) in [6.07, 6.45) is 0. The Bertz CT molecular complexity index is 894. The van der Waals surface area contributed by atoms with E-state index in [4.69, 9.17) is 0 Å². The summed E-state index contributed by atoms with van der Waals surface area (Å²) in [6.45, 7) is 3.00. The van der Waals surface area contributed by atoms with Crippen molar-refractivity contribution in [2.45, 2.75) is 60.1 Å². The second-order valence-corrected chi connectivity index (χ2v) is 37.1. The van der Waals surface area contributed by atoms with Crippen molar-refractivity contribution in [2.24, 2.45) is 0 Å². The third-order valence-corrected chi connectivity index (χ3v) is 74.8. The van der Waals surface area contributed by atoms with Crippen molar-refractivity contribution >= 4 is 10.2 Å². The van der Waals surface area contributed by atoms with Crippen LogP contribution in [0.25, 0.3) is 0 Å². The van der Waals surface area contributed by atoms with Gasteiger partial charge in [-0.15, -0.1) is 0 Å². The topological polar surface area (TPSA) is 0 Å². The van der Waals surface area contributed by atoms with Crippen molar-refractivity contribution in [1.82, 2.24) is 0 Å². The zero-order chi connectivity index (χ0) is 8.86. The van der Waals surface area contributed by atoms with E-state index in [0.29, 0.717) is 0 Å². The van der Waals surface area contributed by atoms with Gasteiger partial charge in [-0.3, -0.25) is 0 Å². The number of rotatable bonds is 0. The Hall–Kier alpha value is 0.736. The molecule has 14 heavy (non-hydrogen) atoms. The van der Waals surface area contributed by atoms with E-state index >= 15 is 0 Å². The molecule has 10 aliphatic heterocycles. The summed E-state index contributed by atoms with van der Waals surface area (Å²) in [4.78, 5) is 10.7. The molecule has 10 saturated heterocycles. The molecule has 0 aliphatic carbocycles. The SMILES string of the molecule is C[C]12[CH]3[CH]4[C]5([SiH3])[C]1(C)[Fe]34251678[CH]2[CH]1[CH]6[CH]7[CH]28. The fourth-order valence-corrected chi connectivity index (χ4v) is 120. The van der Waals surface area contributed by atoms with Gasteiger partial charge in [-0.25, -0.2) is 0 Å². The van der Waals surface area contributed by atoms with Crippen LogP contribution in [0.2, 0.25) is 46.3 Å². The Morgan fingerprint density at radius 3 is 1.43 bits per heavy atom. The molecule has 5 atom stereocenters. The molecule has 10 heterocycles. The maximum absolute atomic E-state index is 2.87. The molecule has 1 spiro atoms. The molecule has 10 fully saturated rings. The molecule has 5 unspecified atom stereocenters. The van der Waals surface area contributed by atoms with Crippen molar-refractivity contribution < 1.29 is 6.51 Å². The van der Waals surface area contributed by atoms with E-state index in [0.717, 1.165) is 8.63 Å². The van der Waals surface area contributed by atoms with Crippen molar-refractivity contribution in [3.63, 3.8) is 0 Å². The summed E-state index contributed by atoms with van der Waals surface area (Å²) in [6, 6.07) is 0. The van der Waals surface area contributed by atoms with Crippen LogP contribution in [0.15, 0.2) is 0 Å². The van der Waals surface area contributed by atoms with E-state index < -0.39 is 6.51 Å². The predicted octanol–water partition coefficient (Wildman–Crippen LogP) is 2.85.